The minimum absolute atomic E-state index is 0.0908. The lowest BCUT2D eigenvalue weighted by Crippen LogP contribution is -2.50. The molecule has 1 N–H and O–H groups in total. The second kappa shape index (κ2) is 12.6. The van der Waals surface area contributed by atoms with Crippen molar-refractivity contribution in [1.82, 2.24) is 10.2 Å². The molecule has 1 aliphatic heterocycles. The highest BCUT2D eigenvalue weighted by Crippen LogP contribution is 2.20. The molecule has 1 atom stereocenters. The van der Waals surface area contributed by atoms with Crippen LogP contribution in [0.5, 0.6) is 5.75 Å². The highest BCUT2D eigenvalue weighted by molar-refractivity contribution is 5.85. The first-order valence-corrected chi connectivity index (χ1v) is 11.7. The van der Waals surface area contributed by atoms with Crippen LogP contribution in [0.4, 0.5) is 10.5 Å². The summed E-state index contributed by atoms with van der Waals surface area (Å²) in [5.41, 5.74) is 1.90. The number of carbonyl (C=O) groups is 3. The van der Waals surface area contributed by atoms with Gasteiger partial charge < -0.3 is 29.3 Å². The summed E-state index contributed by atoms with van der Waals surface area (Å²) in [5, 5.41) is 2.55. The third-order valence-corrected chi connectivity index (χ3v) is 5.81. The number of hydrogen-bond acceptors (Lipinski definition) is 7. The number of rotatable bonds is 9. The van der Waals surface area contributed by atoms with Crippen molar-refractivity contribution in [3.8, 4) is 5.75 Å². The lowest BCUT2D eigenvalue weighted by Gasteiger charge is -2.36. The molecular weight excluding hydrogens is 450 g/mol. The zero-order chi connectivity index (χ0) is 25.2. The van der Waals surface area contributed by atoms with Crippen LogP contribution in [0, 0.1) is 5.92 Å². The van der Waals surface area contributed by atoms with Crippen LogP contribution < -0.4 is 15.0 Å². The number of anilines is 1. The van der Waals surface area contributed by atoms with E-state index in [1.807, 2.05) is 54.6 Å². The van der Waals surface area contributed by atoms with Gasteiger partial charge in [0.25, 0.3) is 5.91 Å². The second-order valence-corrected chi connectivity index (χ2v) is 8.60. The molecule has 9 heteroatoms. The first-order valence-electron chi connectivity index (χ1n) is 11.7. The molecule has 0 spiro atoms. The quantitative estimate of drug-likeness (QED) is 0.548. The number of nitrogens with zero attached hydrogens (tertiary/aromatic N) is 2. The molecular formula is C26H33N3O6. The molecule has 1 aliphatic rings. The summed E-state index contributed by atoms with van der Waals surface area (Å²) in [6.45, 7) is 5.69. The summed E-state index contributed by atoms with van der Waals surface area (Å²) in [5.74, 6) is -0.373. The van der Waals surface area contributed by atoms with Crippen LogP contribution in [0.25, 0.3) is 0 Å². The number of nitrogens with one attached hydrogen (secondary N) is 1. The van der Waals surface area contributed by atoms with E-state index in [2.05, 4.69) is 10.2 Å². The van der Waals surface area contributed by atoms with Gasteiger partial charge in [-0.1, -0.05) is 44.2 Å². The summed E-state index contributed by atoms with van der Waals surface area (Å²) in [6.07, 6.45) is -0.717. The van der Waals surface area contributed by atoms with E-state index in [0.29, 0.717) is 26.2 Å². The molecule has 0 saturated carbocycles. The SMILES string of the molecule is COc1ccc(N2CCN(C(=O)COC(=O)[C@H](NC(=O)OCc3ccccc3)C(C)C)CC2)cc1. The largest absolute Gasteiger partial charge is 0.497 e. The van der Waals surface area contributed by atoms with Crippen LogP contribution >= 0.6 is 0 Å². The van der Waals surface area contributed by atoms with E-state index in [9.17, 15) is 14.4 Å². The standard InChI is InChI=1S/C26H33N3O6/c1-19(2)24(27-26(32)35-17-20-7-5-4-6-8-20)25(31)34-18-23(30)29-15-13-28(14-16-29)21-9-11-22(33-3)12-10-21/h4-12,19,24H,13-18H2,1-3H3,(H,27,32)/t24-/m1/s1. The van der Waals surface area contributed by atoms with Crippen LogP contribution in [0.15, 0.2) is 54.6 Å². The lowest BCUT2D eigenvalue weighted by molar-refractivity contribution is -0.154. The number of esters is 1. The Balaban J connectivity index is 1.42. The minimum atomic E-state index is -0.919. The van der Waals surface area contributed by atoms with E-state index < -0.39 is 18.1 Å². The highest BCUT2D eigenvalue weighted by atomic mass is 16.6. The summed E-state index contributed by atoms with van der Waals surface area (Å²) in [4.78, 5) is 41.2. The Morgan fingerprint density at radius 3 is 2.17 bits per heavy atom. The molecule has 0 bridgehead atoms. The Kier molecular flexibility index (Phi) is 9.34. The Hall–Kier alpha value is -3.75. The summed E-state index contributed by atoms with van der Waals surface area (Å²) in [6, 6.07) is 16.1. The van der Waals surface area contributed by atoms with Crippen LogP contribution in [-0.2, 0) is 25.7 Å². The Morgan fingerprint density at radius 2 is 1.57 bits per heavy atom. The van der Waals surface area contributed by atoms with Gasteiger partial charge in [-0.3, -0.25) is 4.79 Å². The van der Waals surface area contributed by atoms with Gasteiger partial charge in [-0.15, -0.1) is 0 Å². The third-order valence-electron chi connectivity index (χ3n) is 5.81. The van der Waals surface area contributed by atoms with Gasteiger partial charge >= 0.3 is 12.1 Å². The van der Waals surface area contributed by atoms with E-state index in [1.54, 1.807) is 25.9 Å². The van der Waals surface area contributed by atoms with Crippen molar-refractivity contribution in [1.29, 1.82) is 0 Å². The first-order chi connectivity index (χ1) is 16.9. The zero-order valence-electron chi connectivity index (χ0n) is 20.4. The fourth-order valence-corrected chi connectivity index (χ4v) is 3.71. The maximum absolute atomic E-state index is 12.6. The van der Waals surface area contributed by atoms with Gasteiger partial charge in [0.1, 0.15) is 18.4 Å². The summed E-state index contributed by atoms with van der Waals surface area (Å²) in [7, 11) is 1.63. The topological polar surface area (TPSA) is 97.4 Å². The second-order valence-electron chi connectivity index (χ2n) is 8.60. The zero-order valence-corrected chi connectivity index (χ0v) is 20.4. The number of piperazine rings is 1. The fourth-order valence-electron chi connectivity index (χ4n) is 3.71. The van der Waals surface area contributed by atoms with Gasteiger partial charge in [-0.2, -0.15) is 0 Å². The average molecular weight is 484 g/mol. The normalized spacial score (nSPS) is 14.3. The molecule has 0 aliphatic carbocycles. The number of carbonyl (C=O) groups excluding carboxylic acids is 3. The van der Waals surface area contributed by atoms with Crippen LogP contribution in [-0.4, -0.2) is 68.8 Å². The van der Waals surface area contributed by atoms with Crippen LogP contribution in [0.1, 0.15) is 19.4 Å². The van der Waals surface area contributed by atoms with Crippen molar-refractivity contribution >= 4 is 23.7 Å². The molecule has 1 saturated heterocycles. The molecule has 0 radical (unpaired) electrons. The van der Waals surface area contributed by atoms with Crippen molar-refractivity contribution in [2.75, 3.05) is 44.8 Å². The average Bonchev–Trinajstić information content (AvgIpc) is 2.89. The first kappa shape index (κ1) is 25.9. The van der Waals surface area contributed by atoms with Gasteiger partial charge in [-0.25, -0.2) is 9.59 Å². The van der Waals surface area contributed by atoms with E-state index >= 15 is 0 Å². The van der Waals surface area contributed by atoms with Gasteiger partial charge in [0.15, 0.2) is 6.61 Å². The van der Waals surface area contributed by atoms with Crippen molar-refractivity contribution in [3.63, 3.8) is 0 Å². The minimum Gasteiger partial charge on any atom is -0.497 e. The molecule has 2 amide bonds. The van der Waals surface area contributed by atoms with E-state index in [1.165, 1.54) is 0 Å². The summed E-state index contributed by atoms with van der Waals surface area (Å²) < 4.78 is 15.6. The number of benzene rings is 2. The monoisotopic (exact) mass is 483 g/mol. The number of ether oxygens (including phenoxy) is 3. The fraction of sp³-hybridized carbons (Fsp3) is 0.423. The van der Waals surface area contributed by atoms with E-state index in [0.717, 1.165) is 17.0 Å². The molecule has 0 aromatic heterocycles. The Bertz CT molecular complexity index is 972. The highest BCUT2D eigenvalue weighted by Gasteiger charge is 2.28. The van der Waals surface area contributed by atoms with Gasteiger partial charge in [0, 0.05) is 31.9 Å². The molecule has 188 valence electrons. The van der Waals surface area contributed by atoms with Crippen molar-refractivity contribution in [2.45, 2.75) is 26.5 Å². The third kappa shape index (κ3) is 7.63. The number of hydrogen-bond donors (Lipinski definition) is 1. The maximum atomic E-state index is 12.6. The maximum Gasteiger partial charge on any atom is 0.408 e. The Morgan fingerprint density at radius 1 is 0.914 bits per heavy atom. The molecule has 1 fully saturated rings. The number of methoxy groups -OCH3 is 1. The van der Waals surface area contributed by atoms with Gasteiger partial charge in [0.05, 0.1) is 7.11 Å². The number of alkyl carbamates (subject to hydrolysis) is 1. The lowest BCUT2D eigenvalue weighted by atomic mass is 10.1. The predicted molar refractivity (Wildman–Crippen MR) is 131 cm³/mol. The van der Waals surface area contributed by atoms with Crippen LogP contribution in [0.2, 0.25) is 0 Å². The van der Waals surface area contributed by atoms with Crippen molar-refractivity contribution in [2.24, 2.45) is 5.92 Å². The van der Waals surface area contributed by atoms with Gasteiger partial charge in [-0.05, 0) is 35.7 Å². The molecule has 0 unspecified atom stereocenters. The smallest absolute Gasteiger partial charge is 0.408 e. The van der Waals surface area contributed by atoms with E-state index in [4.69, 9.17) is 14.2 Å². The van der Waals surface area contributed by atoms with Gasteiger partial charge in [0.2, 0.25) is 0 Å². The van der Waals surface area contributed by atoms with Crippen LogP contribution in [0.3, 0.4) is 0 Å². The molecule has 35 heavy (non-hydrogen) atoms. The molecule has 3 rings (SSSR count). The molecule has 9 nitrogen and oxygen atoms in total. The van der Waals surface area contributed by atoms with Crippen molar-refractivity contribution in [3.05, 3.63) is 60.2 Å². The van der Waals surface area contributed by atoms with E-state index in [-0.39, 0.29) is 25.0 Å². The van der Waals surface area contributed by atoms with Crippen molar-refractivity contribution < 1.29 is 28.6 Å². The Labute approximate surface area is 205 Å². The predicted octanol–water partition coefficient (Wildman–Crippen LogP) is 2.84. The molecule has 2 aromatic carbocycles. The molecule has 2 aromatic rings. The molecule has 1 heterocycles. The number of amides is 2. The summed E-state index contributed by atoms with van der Waals surface area (Å²) >= 11 is 0.